The topological polar surface area (TPSA) is 65.7 Å². The number of ether oxygens (including phenoxy) is 3. The molecule has 2 rings (SSSR count). The molecule has 2 aromatic carbocycles. The van der Waals surface area contributed by atoms with Crippen molar-refractivity contribution >= 4 is 11.4 Å². The zero-order chi connectivity index (χ0) is 15.2. The van der Waals surface area contributed by atoms with Crippen LogP contribution in [0.15, 0.2) is 36.4 Å². The highest BCUT2D eigenvalue weighted by Crippen LogP contribution is 2.38. The van der Waals surface area contributed by atoms with E-state index in [4.69, 9.17) is 19.9 Å². The van der Waals surface area contributed by atoms with Crippen LogP contribution in [0.3, 0.4) is 0 Å². The monoisotopic (exact) mass is 288 g/mol. The van der Waals surface area contributed by atoms with Crippen LogP contribution < -0.4 is 25.3 Å². The Morgan fingerprint density at radius 3 is 2.10 bits per heavy atom. The van der Waals surface area contributed by atoms with Gasteiger partial charge in [0.1, 0.15) is 0 Å². The Balaban J connectivity index is 2.22. The summed E-state index contributed by atoms with van der Waals surface area (Å²) in [5, 5.41) is 3.29. The van der Waals surface area contributed by atoms with E-state index in [0.717, 1.165) is 11.3 Å². The molecule has 5 heteroatoms. The minimum Gasteiger partial charge on any atom is -0.493 e. The maximum absolute atomic E-state index is 5.91. The first-order valence-electron chi connectivity index (χ1n) is 6.56. The Morgan fingerprint density at radius 1 is 0.952 bits per heavy atom. The third kappa shape index (κ3) is 3.31. The summed E-state index contributed by atoms with van der Waals surface area (Å²) in [7, 11) is 4.79. The molecule has 0 aliphatic heterocycles. The zero-order valence-electron chi connectivity index (χ0n) is 12.5. The van der Waals surface area contributed by atoms with Crippen molar-refractivity contribution in [1.82, 2.24) is 0 Å². The van der Waals surface area contributed by atoms with E-state index in [0.29, 0.717) is 29.5 Å². The molecule has 0 heterocycles. The molecule has 0 atom stereocenters. The molecule has 0 aliphatic rings. The standard InChI is InChI=1S/C16H20N2O3/c1-19-14-8-11(9-15(20-2)16(14)21-3)10-18-13-7-5-4-6-12(13)17/h4-9,18H,10,17H2,1-3H3. The van der Waals surface area contributed by atoms with E-state index in [1.165, 1.54) is 0 Å². The summed E-state index contributed by atoms with van der Waals surface area (Å²) in [6.07, 6.45) is 0. The van der Waals surface area contributed by atoms with Crippen LogP contribution in [0.2, 0.25) is 0 Å². The second-order valence-electron chi connectivity index (χ2n) is 4.47. The summed E-state index contributed by atoms with van der Waals surface area (Å²) in [5.74, 6) is 1.85. The van der Waals surface area contributed by atoms with Crippen LogP contribution in [-0.2, 0) is 6.54 Å². The maximum atomic E-state index is 5.91. The molecule has 0 fully saturated rings. The van der Waals surface area contributed by atoms with Crippen molar-refractivity contribution in [3.8, 4) is 17.2 Å². The van der Waals surface area contributed by atoms with Gasteiger partial charge in [0.15, 0.2) is 11.5 Å². The van der Waals surface area contributed by atoms with E-state index in [1.54, 1.807) is 21.3 Å². The number of benzene rings is 2. The van der Waals surface area contributed by atoms with Gasteiger partial charge in [-0.25, -0.2) is 0 Å². The highest BCUT2D eigenvalue weighted by atomic mass is 16.5. The summed E-state index contributed by atoms with van der Waals surface area (Å²) < 4.78 is 16.0. The van der Waals surface area contributed by atoms with Crippen LogP contribution in [0.1, 0.15) is 5.56 Å². The van der Waals surface area contributed by atoms with Gasteiger partial charge in [-0.1, -0.05) is 12.1 Å². The van der Waals surface area contributed by atoms with Crippen molar-refractivity contribution in [2.75, 3.05) is 32.4 Å². The third-order valence-corrected chi connectivity index (χ3v) is 3.17. The molecule has 0 spiro atoms. The van der Waals surface area contributed by atoms with E-state index in [9.17, 15) is 0 Å². The van der Waals surface area contributed by atoms with E-state index in [-0.39, 0.29) is 0 Å². The molecule has 112 valence electrons. The molecule has 0 amide bonds. The second-order valence-corrected chi connectivity index (χ2v) is 4.47. The average molecular weight is 288 g/mol. The zero-order valence-corrected chi connectivity index (χ0v) is 12.5. The predicted octanol–water partition coefficient (Wildman–Crippen LogP) is 2.91. The van der Waals surface area contributed by atoms with Gasteiger partial charge in [0.05, 0.1) is 32.7 Å². The maximum Gasteiger partial charge on any atom is 0.203 e. The molecule has 3 N–H and O–H groups in total. The second kappa shape index (κ2) is 6.74. The minimum absolute atomic E-state index is 0.586. The van der Waals surface area contributed by atoms with E-state index >= 15 is 0 Å². The molecule has 21 heavy (non-hydrogen) atoms. The number of nitrogen functional groups attached to an aromatic ring is 1. The summed E-state index contributed by atoms with van der Waals surface area (Å²) in [6, 6.07) is 11.5. The summed E-state index contributed by atoms with van der Waals surface area (Å²) in [5.41, 5.74) is 8.53. The number of hydrogen-bond donors (Lipinski definition) is 2. The summed E-state index contributed by atoms with van der Waals surface area (Å²) >= 11 is 0. The van der Waals surface area contributed by atoms with Crippen molar-refractivity contribution < 1.29 is 14.2 Å². The predicted molar refractivity (Wildman–Crippen MR) is 84.3 cm³/mol. The lowest BCUT2D eigenvalue weighted by Gasteiger charge is -2.15. The summed E-state index contributed by atoms with van der Waals surface area (Å²) in [6.45, 7) is 0.602. The Kier molecular flexibility index (Phi) is 4.77. The van der Waals surface area contributed by atoms with Crippen LogP contribution in [0.4, 0.5) is 11.4 Å². The fraction of sp³-hybridized carbons (Fsp3) is 0.250. The molecule has 0 aliphatic carbocycles. The normalized spacial score (nSPS) is 10.0. The molecule has 5 nitrogen and oxygen atoms in total. The summed E-state index contributed by atoms with van der Waals surface area (Å²) in [4.78, 5) is 0. The van der Waals surface area contributed by atoms with E-state index in [2.05, 4.69) is 5.32 Å². The van der Waals surface area contributed by atoms with Gasteiger partial charge in [0.25, 0.3) is 0 Å². The van der Waals surface area contributed by atoms with E-state index < -0.39 is 0 Å². The number of hydrogen-bond acceptors (Lipinski definition) is 5. The first-order valence-corrected chi connectivity index (χ1v) is 6.56. The van der Waals surface area contributed by atoms with Crippen molar-refractivity contribution in [3.05, 3.63) is 42.0 Å². The highest BCUT2D eigenvalue weighted by molar-refractivity contribution is 5.66. The Morgan fingerprint density at radius 2 is 1.57 bits per heavy atom. The number of methoxy groups -OCH3 is 3. The average Bonchev–Trinajstić information content (AvgIpc) is 2.52. The molecular weight excluding hydrogens is 268 g/mol. The first kappa shape index (κ1) is 14.8. The lowest BCUT2D eigenvalue weighted by atomic mass is 10.1. The molecule has 0 bridgehead atoms. The van der Waals surface area contributed by atoms with Gasteiger partial charge in [0, 0.05) is 6.54 Å². The molecule has 0 aromatic heterocycles. The fourth-order valence-electron chi connectivity index (χ4n) is 2.09. The lowest BCUT2D eigenvalue weighted by Crippen LogP contribution is -2.04. The lowest BCUT2D eigenvalue weighted by molar-refractivity contribution is 0.324. The molecular formula is C16H20N2O3. The number of anilines is 2. The van der Waals surface area contributed by atoms with Crippen molar-refractivity contribution in [2.45, 2.75) is 6.54 Å². The van der Waals surface area contributed by atoms with Gasteiger partial charge in [-0.2, -0.15) is 0 Å². The van der Waals surface area contributed by atoms with Gasteiger partial charge < -0.3 is 25.3 Å². The number of rotatable bonds is 6. The third-order valence-electron chi connectivity index (χ3n) is 3.17. The van der Waals surface area contributed by atoms with Crippen molar-refractivity contribution in [2.24, 2.45) is 0 Å². The first-order chi connectivity index (χ1) is 10.2. The number of nitrogens with one attached hydrogen (secondary N) is 1. The van der Waals surface area contributed by atoms with Gasteiger partial charge >= 0.3 is 0 Å². The van der Waals surface area contributed by atoms with Gasteiger partial charge in [0.2, 0.25) is 5.75 Å². The van der Waals surface area contributed by atoms with Gasteiger partial charge in [-0.05, 0) is 29.8 Å². The van der Waals surface area contributed by atoms with Gasteiger partial charge in [-0.3, -0.25) is 0 Å². The Bertz CT molecular complexity index is 589. The molecule has 0 saturated carbocycles. The van der Waals surface area contributed by atoms with Crippen LogP contribution in [-0.4, -0.2) is 21.3 Å². The smallest absolute Gasteiger partial charge is 0.203 e. The quantitative estimate of drug-likeness (QED) is 0.800. The van der Waals surface area contributed by atoms with Crippen LogP contribution >= 0.6 is 0 Å². The highest BCUT2D eigenvalue weighted by Gasteiger charge is 2.13. The Labute approximate surface area is 124 Å². The molecule has 0 unspecified atom stereocenters. The minimum atomic E-state index is 0.586. The van der Waals surface area contributed by atoms with Crippen molar-refractivity contribution in [3.63, 3.8) is 0 Å². The van der Waals surface area contributed by atoms with Gasteiger partial charge in [-0.15, -0.1) is 0 Å². The largest absolute Gasteiger partial charge is 0.493 e. The van der Waals surface area contributed by atoms with Crippen molar-refractivity contribution in [1.29, 1.82) is 0 Å². The van der Waals surface area contributed by atoms with Crippen LogP contribution in [0, 0.1) is 0 Å². The molecule has 2 aromatic rings. The van der Waals surface area contributed by atoms with E-state index in [1.807, 2.05) is 36.4 Å². The van der Waals surface area contributed by atoms with Crippen LogP contribution in [0.25, 0.3) is 0 Å². The molecule has 0 radical (unpaired) electrons. The fourth-order valence-corrected chi connectivity index (χ4v) is 2.09. The number of nitrogens with two attached hydrogens (primary N) is 1. The molecule has 0 saturated heterocycles. The Hall–Kier alpha value is -2.56. The number of para-hydroxylation sites is 2. The van der Waals surface area contributed by atoms with Crippen LogP contribution in [0.5, 0.6) is 17.2 Å². The SMILES string of the molecule is COc1cc(CNc2ccccc2N)cc(OC)c1OC.